The molecule has 1 heterocycles. The quantitative estimate of drug-likeness (QED) is 0.231. The van der Waals surface area contributed by atoms with Crippen molar-refractivity contribution in [2.75, 3.05) is 0 Å². The zero-order valence-corrected chi connectivity index (χ0v) is 16.9. The van der Waals surface area contributed by atoms with E-state index in [1.54, 1.807) is 25.1 Å². The minimum atomic E-state index is -4.00. The van der Waals surface area contributed by atoms with Crippen LogP contribution in [0.1, 0.15) is 5.56 Å². The average molecular weight is 442 g/mol. The molecule has 0 aliphatic carbocycles. The van der Waals surface area contributed by atoms with Gasteiger partial charge in [0.15, 0.2) is 22.0 Å². The molecular weight excluding hydrogens is 430 g/mol. The summed E-state index contributed by atoms with van der Waals surface area (Å²) in [5.74, 6) is -0.404. The van der Waals surface area contributed by atoms with Gasteiger partial charge in [0.25, 0.3) is 9.05 Å². The van der Waals surface area contributed by atoms with E-state index in [1.807, 2.05) is 0 Å². The standard InChI is InChI=1S/C21H12ClNO6S/c1-9-6-12-14(8-16(9)30(22,27)28)29-15-7-13(24)17-18(19(15)23-12)21(26)11-5-3-2-4-10(11)20(17)25/h2-8,23-24H,1H3. The Hall–Kier alpha value is -3.36. The Labute approximate surface area is 172 Å². The first-order chi connectivity index (χ1) is 14.2. The Kier molecular flexibility index (Phi) is 3.77. The van der Waals surface area contributed by atoms with Gasteiger partial charge < -0.3 is 14.5 Å². The summed E-state index contributed by atoms with van der Waals surface area (Å²) in [5.41, 5.74) is 0.350. The molecule has 4 aromatic carbocycles. The summed E-state index contributed by atoms with van der Waals surface area (Å²) in [7, 11) is 1.48. The fraction of sp³-hybridized carbons (Fsp3) is 0.0476. The number of aromatic hydroxyl groups is 1. The molecule has 0 radical (unpaired) electrons. The van der Waals surface area contributed by atoms with Crippen molar-refractivity contribution in [1.82, 2.24) is 4.98 Å². The van der Waals surface area contributed by atoms with Gasteiger partial charge in [-0.05, 0) is 18.6 Å². The molecule has 0 aliphatic rings. The van der Waals surface area contributed by atoms with Gasteiger partial charge in [-0.2, -0.15) is 0 Å². The van der Waals surface area contributed by atoms with E-state index in [-0.39, 0.29) is 43.1 Å². The van der Waals surface area contributed by atoms with Crippen LogP contribution in [0.15, 0.2) is 61.4 Å². The van der Waals surface area contributed by atoms with Crippen molar-refractivity contribution in [2.45, 2.75) is 11.8 Å². The Morgan fingerprint density at radius 3 is 2.23 bits per heavy atom. The molecule has 30 heavy (non-hydrogen) atoms. The van der Waals surface area contributed by atoms with Crippen LogP contribution in [0.4, 0.5) is 0 Å². The molecule has 0 unspecified atom stereocenters. The van der Waals surface area contributed by atoms with Crippen LogP contribution in [-0.4, -0.2) is 18.5 Å². The predicted molar refractivity (Wildman–Crippen MR) is 115 cm³/mol. The topological polar surface area (TPSA) is 117 Å². The summed E-state index contributed by atoms with van der Waals surface area (Å²) in [6, 6.07) is 10.4. The van der Waals surface area contributed by atoms with E-state index in [9.17, 15) is 23.1 Å². The maximum Gasteiger partial charge on any atom is 0.261 e. The second-order valence-corrected chi connectivity index (χ2v) is 9.54. The van der Waals surface area contributed by atoms with Crippen molar-refractivity contribution in [3.05, 3.63) is 68.5 Å². The fourth-order valence-electron chi connectivity index (χ4n) is 3.82. The highest BCUT2D eigenvalue weighted by atomic mass is 35.7. The van der Waals surface area contributed by atoms with Crippen molar-refractivity contribution >= 4 is 63.5 Å². The molecule has 0 fully saturated rings. The van der Waals surface area contributed by atoms with Crippen LogP contribution in [0, 0.1) is 6.92 Å². The molecule has 5 rings (SSSR count). The lowest BCUT2D eigenvalue weighted by molar-refractivity contribution is 0.480. The number of aromatic nitrogens is 1. The van der Waals surface area contributed by atoms with Crippen molar-refractivity contribution in [3.63, 3.8) is 0 Å². The van der Waals surface area contributed by atoms with E-state index in [0.717, 1.165) is 0 Å². The molecule has 150 valence electrons. The zero-order chi connectivity index (χ0) is 21.4. The van der Waals surface area contributed by atoms with E-state index >= 15 is 0 Å². The lowest BCUT2D eigenvalue weighted by Gasteiger charge is -2.10. The minimum Gasteiger partial charge on any atom is -0.507 e. The maximum absolute atomic E-state index is 13.2. The first kappa shape index (κ1) is 18.7. The van der Waals surface area contributed by atoms with Crippen LogP contribution in [0.3, 0.4) is 0 Å². The minimum absolute atomic E-state index is 0.00560. The van der Waals surface area contributed by atoms with E-state index < -0.39 is 25.7 Å². The first-order valence-corrected chi connectivity index (χ1v) is 11.1. The third-order valence-electron chi connectivity index (χ3n) is 5.16. The molecule has 0 saturated carbocycles. The average Bonchev–Trinajstić information content (AvgIpc) is 2.69. The second kappa shape index (κ2) is 6.07. The number of benzene rings is 4. The summed E-state index contributed by atoms with van der Waals surface area (Å²) in [6.07, 6.45) is 0. The summed E-state index contributed by atoms with van der Waals surface area (Å²) in [4.78, 5) is 29.1. The van der Waals surface area contributed by atoms with Gasteiger partial charge in [-0.1, -0.05) is 24.3 Å². The maximum atomic E-state index is 13.2. The number of hydrogen-bond donors (Lipinski definition) is 2. The molecule has 0 bridgehead atoms. The third-order valence-corrected chi connectivity index (χ3v) is 6.62. The van der Waals surface area contributed by atoms with Gasteiger partial charge in [0.05, 0.1) is 26.7 Å². The molecule has 2 N–H and O–H groups in total. The van der Waals surface area contributed by atoms with E-state index in [2.05, 4.69) is 4.98 Å². The Bertz CT molecular complexity index is 1780. The van der Waals surface area contributed by atoms with Gasteiger partial charge in [0.2, 0.25) is 0 Å². The van der Waals surface area contributed by atoms with Crippen LogP contribution in [0.2, 0.25) is 0 Å². The summed E-state index contributed by atoms with van der Waals surface area (Å²) >= 11 is 0. The monoisotopic (exact) mass is 441 g/mol. The molecule has 0 amide bonds. The van der Waals surface area contributed by atoms with Crippen molar-refractivity contribution in [2.24, 2.45) is 0 Å². The van der Waals surface area contributed by atoms with Gasteiger partial charge >= 0.3 is 0 Å². The molecule has 9 heteroatoms. The van der Waals surface area contributed by atoms with Gasteiger partial charge in [0, 0.05) is 33.6 Å². The van der Waals surface area contributed by atoms with E-state index in [1.165, 1.54) is 24.3 Å². The summed E-state index contributed by atoms with van der Waals surface area (Å²) in [6.45, 7) is 1.57. The number of nitrogens with one attached hydrogen (secondary N) is 1. The highest BCUT2D eigenvalue weighted by Gasteiger charge is 2.20. The van der Waals surface area contributed by atoms with E-state index in [4.69, 9.17) is 15.1 Å². The van der Waals surface area contributed by atoms with Crippen LogP contribution in [-0.2, 0) is 9.05 Å². The highest BCUT2D eigenvalue weighted by molar-refractivity contribution is 8.13. The molecule has 0 saturated heterocycles. The Balaban J connectivity index is 2.04. The summed E-state index contributed by atoms with van der Waals surface area (Å²) < 4.78 is 29.4. The number of fused-ring (bicyclic) bond motifs is 5. The zero-order valence-electron chi connectivity index (χ0n) is 15.3. The Morgan fingerprint density at radius 1 is 0.967 bits per heavy atom. The van der Waals surface area contributed by atoms with Crippen molar-refractivity contribution in [1.29, 1.82) is 0 Å². The van der Waals surface area contributed by atoms with Crippen LogP contribution >= 0.6 is 10.7 Å². The first-order valence-electron chi connectivity index (χ1n) is 8.79. The molecule has 0 atom stereocenters. The molecule has 1 aromatic heterocycles. The van der Waals surface area contributed by atoms with Gasteiger partial charge in [-0.25, -0.2) is 8.42 Å². The molecule has 5 aromatic rings. The number of phenolic OH excluding ortho intramolecular Hbond substituents is 1. The molecule has 7 nitrogen and oxygen atoms in total. The van der Waals surface area contributed by atoms with Gasteiger partial charge in [-0.15, -0.1) is 0 Å². The number of H-pyrrole nitrogens is 1. The second-order valence-electron chi connectivity index (χ2n) is 7.00. The Morgan fingerprint density at radius 2 is 1.60 bits per heavy atom. The lowest BCUT2D eigenvalue weighted by Crippen LogP contribution is -2.13. The highest BCUT2D eigenvalue weighted by Crippen LogP contribution is 2.33. The number of aromatic amines is 1. The van der Waals surface area contributed by atoms with Gasteiger partial charge in [0.1, 0.15) is 5.75 Å². The molecule has 0 spiro atoms. The normalized spacial score (nSPS) is 12.3. The SMILES string of the molecule is Cc1cc2[nH]c3c(cc(O)c4c(=O)c5ccccc5c(=O)c43)oc2cc1S(=O)(=O)Cl. The summed E-state index contributed by atoms with van der Waals surface area (Å²) in [5, 5.41) is 10.9. The molecule has 0 aliphatic heterocycles. The number of aryl methyl sites for hydroxylation is 1. The number of phenols is 1. The number of hydrogen-bond acceptors (Lipinski definition) is 6. The molecular formula is C21H12ClNO6S. The van der Waals surface area contributed by atoms with Gasteiger partial charge in [-0.3, -0.25) is 9.59 Å². The lowest BCUT2D eigenvalue weighted by atomic mass is 10.0. The van der Waals surface area contributed by atoms with Crippen LogP contribution < -0.4 is 10.9 Å². The largest absolute Gasteiger partial charge is 0.507 e. The van der Waals surface area contributed by atoms with Crippen molar-refractivity contribution < 1.29 is 17.9 Å². The number of halogens is 1. The van der Waals surface area contributed by atoms with Crippen LogP contribution in [0.5, 0.6) is 5.75 Å². The predicted octanol–water partition coefficient (Wildman–Crippen LogP) is 3.88. The third kappa shape index (κ3) is 2.54. The van der Waals surface area contributed by atoms with Crippen molar-refractivity contribution in [3.8, 4) is 5.75 Å². The van der Waals surface area contributed by atoms with Crippen LogP contribution in [0.25, 0.3) is 43.7 Å². The number of rotatable bonds is 1. The smallest absolute Gasteiger partial charge is 0.261 e. The van der Waals surface area contributed by atoms with E-state index in [0.29, 0.717) is 11.1 Å². The fourth-order valence-corrected chi connectivity index (χ4v) is 5.01.